The molecule has 0 fully saturated rings. The van der Waals surface area contributed by atoms with Crippen LogP contribution in [0.2, 0.25) is 0 Å². The number of anilines is 1. The molecule has 1 N–H and O–H groups in total. The summed E-state index contributed by atoms with van der Waals surface area (Å²) in [4.78, 5) is 12.4. The number of aromatic nitrogens is 2. The number of hydrogen-bond acceptors (Lipinski definition) is 3. The lowest BCUT2D eigenvalue weighted by atomic mass is 10.1. The first-order valence-corrected chi connectivity index (χ1v) is 7.14. The Labute approximate surface area is 124 Å². The van der Waals surface area contributed by atoms with Crippen molar-refractivity contribution in [3.8, 4) is 5.88 Å². The Bertz CT molecular complexity index is 647. The van der Waals surface area contributed by atoms with E-state index in [9.17, 15) is 4.79 Å². The maximum Gasteiger partial charge on any atom is 0.262 e. The van der Waals surface area contributed by atoms with Gasteiger partial charge in [0.05, 0.1) is 6.61 Å². The molecule has 1 amide bonds. The van der Waals surface area contributed by atoms with Gasteiger partial charge >= 0.3 is 0 Å². The van der Waals surface area contributed by atoms with Crippen LogP contribution in [0.1, 0.15) is 35.3 Å². The van der Waals surface area contributed by atoms with Gasteiger partial charge in [0.15, 0.2) is 0 Å². The fourth-order valence-electron chi connectivity index (χ4n) is 2.11. The molecule has 5 heteroatoms. The number of nitrogens with zero attached hydrogens (tertiary/aromatic N) is 2. The van der Waals surface area contributed by atoms with Crippen molar-refractivity contribution in [2.75, 3.05) is 11.9 Å². The second kappa shape index (κ2) is 6.43. The highest BCUT2D eigenvalue weighted by atomic mass is 16.5. The Morgan fingerprint density at radius 2 is 2.10 bits per heavy atom. The number of carbonyl (C=O) groups is 1. The Balaban J connectivity index is 2.25. The molecular formula is C16H21N3O2. The molecular weight excluding hydrogens is 266 g/mol. The molecule has 0 radical (unpaired) electrons. The van der Waals surface area contributed by atoms with Crippen molar-refractivity contribution in [2.24, 2.45) is 0 Å². The van der Waals surface area contributed by atoms with Crippen LogP contribution >= 0.6 is 0 Å². The first-order valence-electron chi connectivity index (χ1n) is 7.14. The molecule has 5 nitrogen and oxygen atoms in total. The van der Waals surface area contributed by atoms with Gasteiger partial charge in [-0.1, -0.05) is 17.7 Å². The normalized spacial score (nSPS) is 10.5. The molecule has 1 aromatic heterocycles. The third-order valence-corrected chi connectivity index (χ3v) is 3.21. The van der Waals surface area contributed by atoms with Crippen molar-refractivity contribution >= 4 is 11.6 Å². The van der Waals surface area contributed by atoms with Crippen molar-refractivity contribution < 1.29 is 9.53 Å². The lowest BCUT2D eigenvalue weighted by Crippen LogP contribution is -2.13. The fraction of sp³-hybridized carbons (Fsp3) is 0.375. The SMILES string of the molecule is CCOc1nn(CC)cc1C(=O)Nc1ccc(C)cc1C. The molecule has 21 heavy (non-hydrogen) atoms. The number of hydrogen-bond donors (Lipinski definition) is 1. The van der Waals surface area contributed by atoms with Gasteiger partial charge in [0, 0.05) is 18.4 Å². The van der Waals surface area contributed by atoms with Gasteiger partial charge in [0.25, 0.3) is 5.91 Å². The molecule has 0 spiro atoms. The smallest absolute Gasteiger partial charge is 0.262 e. The number of rotatable bonds is 5. The zero-order chi connectivity index (χ0) is 15.4. The maximum absolute atomic E-state index is 12.4. The van der Waals surface area contributed by atoms with Crippen LogP contribution in [0.25, 0.3) is 0 Å². The molecule has 0 aliphatic carbocycles. The Morgan fingerprint density at radius 3 is 2.71 bits per heavy atom. The molecule has 0 saturated heterocycles. The Kier molecular flexibility index (Phi) is 4.62. The zero-order valence-electron chi connectivity index (χ0n) is 12.9. The highest BCUT2D eigenvalue weighted by Crippen LogP contribution is 2.21. The standard InChI is InChI=1S/C16H21N3O2/c1-5-19-10-13(16(18-19)21-6-2)15(20)17-14-8-7-11(3)9-12(14)4/h7-10H,5-6H2,1-4H3,(H,17,20). The van der Waals surface area contributed by atoms with Crippen molar-refractivity contribution in [1.82, 2.24) is 9.78 Å². The molecule has 2 rings (SSSR count). The predicted octanol–water partition coefficient (Wildman–Crippen LogP) is 3.17. The van der Waals surface area contributed by atoms with Crippen molar-refractivity contribution in [3.05, 3.63) is 41.1 Å². The van der Waals surface area contributed by atoms with Crippen molar-refractivity contribution in [3.63, 3.8) is 0 Å². The summed E-state index contributed by atoms with van der Waals surface area (Å²) in [6.07, 6.45) is 1.71. The average molecular weight is 287 g/mol. The van der Waals surface area contributed by atoms with Gasteiger partial charge in [-0.15, -0.1) is 5.10 Å². The van der Waals surface area contributed by atoms with Crippen LogP contribution in [0, 0.1) is 13.8 Å². The molecule has 0 unspecified atom stereocenters. The van der Waals surface area contributed by atoms with Crippen LogP contribution in [0.5, 0.6) is 5.88 Å². The summed E-state index contributed by atoms with van der Waals surface area (Å²) in [6.45, 7) is 9.01. The van der Waals surface area contributed by atoms with Gasteiger partial charge in [-0.25, -0.2) is 0 Å². The van der Waals surface area contributed by atoms with Crippen molar-refractivity contribution in [1.29, 1.82) is 0 Å². The summed E-state index contributed by atoms with van der Waals surface area (Å²) in [5, 5.41) is 7.17. The minimum absolute atomic E-state index is 0.204. The van der Waals surface area contributed by atoms with E-state index in [0.717, 1.165) is 11.3 Å². The van der Waals surface area contributed by atoms with E-state index in [4.69, 9.17) is 4.74 Å². The van der Waals surface area contributed by atoms with E-state index in [2.05, 4.69) is 10.4 Å². The van der Waals surface area contributed by atoms with E-state index in [1.54, 1.807) is 10.9 Å². The van der Waals surface area contributed by atoms with Crippen LogP contribution in [0.4, 0.5) is 5.69 Å². The lowest BCUT2D eigenvalue weighted by Gasteiger charge is -2.09. The highest BCUT2D eigenvalue weighted by molar-refractivity contribution is 6.06. The average Bonchev–Trinajstić information content (AvgIpc) is 2.85. The quantitative estimate of drug-likeness (QED) is 0.919. The van der Waals surface area contributed by atoms with Gasteiger partial charge in [-0.3, -0.25) is 9.48 Å². The van der Waals surface area contributed by atoms with E-state index in [-0.39, 0.29) is 5.91 Å². The summed E-state index contributed by atoms with van der Waals surface area (Å²) < 4.78 is 7.13. The minimum atomic E-state index is -0.204. The third kappa shape index (κ3) is 3.42. The monoisotopic (exact) mass is 287 g/mol. The first-order chi connectivity index (χ1) is 10.0. The van der Waals surface area contributed by atoms with E-state index in [0.29, 0.717) is 24.6 Å². The minimum Gasteiger partial charge on any atom is -0.476 e. The van der Waals surface area contributed by atoms with E-state index < -0.39 is 0 Å². The Hall–Kier alpha value is -2.30. The van der Waals surface area contributed by atoms with Gasteiger partial charge in [0.2, 0.25) is 5.88 Å². The largest absolute Gasteiger partial charge is 0.476 e. The Morgan fingerprint density at radius 1 is 1.33 bits per heavy atom. The molecule has 0 saturated carbocycles. The van der Waals surface area contributed by atoms with E-state index in [1.807, 2.05) is 45.9 Å². The number of nitrogens with one attached hydrogen (secondary N) is 1. The topological polar surface area (TPSA) is 56.2 Å². The molecule has 0 atom stereocenters. The summed E-state index contributed by atoms with van der Waals surface area (Å²) in [7, 11) is 0. The molecule has 2 aromatic rings. The van der Waals surface area contributed by atoms with Crippen LogP contribution in [0.3, 0.4) is 0 Å². The summed E-state index contributed by atoms with van der Waals surface area (Å²) in [5.74, 6) is 0.173. The lowest BCUT2D eigenvalue weighted by molar-refractivity contribution is 0.102. The number of aryl methyl sites for hydroxylation is 3. The second-order valence-corrected chi connectivity index (χ2v) is 4.91. The van der Waals surface area contributed by atoms with Crippen LogP contribution in [-0.4, -0.2) is 22.3 Å². The van der Waals surface area contributed by atoms with Gasteiger partial charge in [-0.05, 0) is 39.3 Å². The van der Waals surface area contributed by atoms with Gasteiger partial charge in [0.1, 0.15) is 5.56 Å². The number of carbonyl (C=O) groups excluding carboxylic acids is 1. The molecule has 1 aromatic carbocycles. The van der Waals surface area contributed by atoms with Crippen LogP contribution in [0.15, 0.2) is 24.4 Å². The molecule has 0 aliphatic heterocycles. The fourth-order valence-corrected chi connectivity index (χ4v) is 2.11. The summed E-state index contributed by atoms with van der Waals surface area (Å²) in [6, 6.07) is 5.92. The number of ether oxygens (including phenoxy) is 1. The molecule has 0 aliphatic rings. The van der Waals surface area contributed by atoms with Crippen LogP contribution in [-0.2, 0) is 6.54 Å². The molecule has 1 heterocycles. The van der Waals surface area contributed by atoms with Crippen LogP contribution < -0.4 is 10.1 Å². The second-order valence-electron chi connectivity index (χ2n) is 4.91. The highest BCUT2D eigenvalue weighted by Gasteiger charge is 2.18. The number of benzene rings is 1. The zero-order valence-corrected chi connectivity index (χ0v) is 12.9. The predicted molar refractivity (Wildman–Crippen MR) is 82.9 cm³/mol. The summed E-state index contributed by atoms with van der Waals surface area (Å²) in [5.41, 5.74) is 3.46. The third-order valence-electron chi connectivity index (χ3n) is 3.21. The van der Waals surface area contributed by atoms with E-state index in [1.165, 1.54) is 5.56 Å². The first kappa shape index (κ1) is 15.1. The van der Waals surface area contributed by atoms with Gasteiger partial charge < -0.3 is 10.1 Å². The summed E-state index contributed by atoms with van der Waals surface area (Å²) >= 11 is 0. The van der Waals surface area contributed by atoms with E-state index >= 15 is 0 Å². The van der Waals surface area contributed by atoms with Gasteiger partial charge in [-0.2, -0.15) is 0 Å². The van der Waals surface area contributed by atoms with Crippen molar-refractivity contribution in [2.45, 2.75) is 34.2 Å². The maximum atomic E-state index is 12.4. The molecule has 112 valence electrons. The number of amides is 1. The molecule has 0 bridgehead atoms.